The van der Waals surface area contributed by atoms with Crippen LogP contribution in [0.4, 0.5) is 20.6 Å². The molecule has 0 aromatic heterocycles. The first-order valence-electron chi connectivity index (χ1n) is 6.75. The van der Waals surface area contributed by atoms with Crippen molar-refractivity contribution in [2.24, 2.45) is 0 Å². The zero-order chi connectivity index (χ0) is 15.5. The number of benzene rings is 2. The highest BCUT2D eigenvalue weighted by atomic mass is 19.1. The highest BCUT2D eigenvalue weighted by Crippen LogP contribution is 2.21. The summed E-state index contributed by atoms with van der Waals surface area (Å²) >= 11 is 0. The fraction of sp³-hybridized carbons (Fsp3) is 0.125. The lowest BCUT2D eigenvalue weighted by Crippen LogP contribution is -2.23. The predicted molar refractivity (Wildman–Crippen MR) is 79.5 cm³/mol. The molecule has 2 aromatic rings. The molecule has 0 spiro atoms. The lowest BCUT2D eigenvalue weighted by molar-refractivity contribution is 0.102. The molecule has 5 nitrogen and oxygen atoms in total. The highest BCUT2D eigenvalue weighted by molar-refractivity contribution is 6.04. The van der Waals surface area contributed by atoms with E-state index in [1.54, 1.807) is 24.3 Å². The van der Waals surface area contributed by atoms with E-state index in [1.165, 1.54) is 29.2 Å². The van der Waals surface area contributed by atoms with Crippen LogP contribution in [0.3, 0.4) is 0 Å². The van der Waals surface area contributed by atoms with Crippen molar-refractivity contribution in [3.8, 4) is 0 Å². The number of nitrogens with one attached hydrogen (secondary N) is 1. The molecule has 0 unspecified atom stereocenters. The molecule has 0 bridgehead atoms. The van der Waals surface area contributed by atoms with E-state index in [1.807, 2.05) is 0 Å². The average molecular weight is 300 g/mol. The molecule has 3 rings (SSSR count). The Hall–Kier alpha value is -2.89. The third-order valence-corrected chi connectivity index (χ3v) is 3.30. The number of anilines is 2. The number of carbonyl (C=O) groups excluding carboxylic acids is 2. The molecule has 6 heteroatoms. The summed E-state index contributed by atoms with van der Waals surface area (Å²) in [4.78, 5) is 25.0. The lowest BCUT2D eigenvalue weighted by atomic mass is 10.2. The number of halogens is 1. The van der Waals surface area contributed by atoms with Crippen LogP contribution in [-0.4, -0.2) is 25.2 Å². The van der Waals surface area contributed by atoms with Gasteiger partial charge in [0.25, 0.3) is 5.91 Å². The predicted octanol–water partition coefficient (Wildman–Crippen LogP) is 3.03. The molecular weight excluding hydrogens is 287 g/mol. The number of carbonyl (C=O) groups is 2. The molecule has 22 heavy (non-hydrogen) atoms. The van der Waals surface area contributed by atoms with Gasteiger partial charge in [0.1, 0.15) is 12.4 Å². The monoisotopic (exact) mass is 300 g/mol. The normalized spacial score (nSPS) is 13.9. The Labute approximate surface area is 126 Å². The number of cyclic esters (lactones) is 1. The number of rotatable bonds is 3. The maximum absolute atomic E-state index is 12.8. The molecule has 1 fully saturated rings. The minimum atomic E-state index is -0.390. The Bertz CT molecular complexity index is 698. The minimum Gasteiger partial charge on any atom is -0.447 e. The van der Waals surface area contributed by atoms with Gasteiger partial charge in [0.2, 0.25) is 0 Å². The third kappa shape index (κ3) is 2.90. The molecule has 0 atom stereocenters. The smallest absolute Gasteiger partial charge is 0.414 e. The summed E-state index contributed by atoms with van der Waals surface area (Å²) < 4.78 is 17.7. The molecule has 0 radical (unpaired) electrons. The van der Waals surface area contributed by atoms with Crippen LogP contribution in [0.1, 0.15) is 10.4 Å². The van der Waals surface area contributed by atoms with Gasteiger partial charge in [0.05, 0.1) is 6.54 Å². The largest absolute Gasteiger partial charge is 0.447 e. The number of amides is 2. The Morgan fingerprint density at radius 2 is 1.77 bits per heavy atom. The maximum Gasteiger partial charge on any atom is 0.414 e. The zero-order valence-corrected chi connectivity index (χ0v) is 11.6. The van der Waals surface area contributed by atoms with Crippen molar-refractivity contribution in [2.45, 2.75) is 0 Å². The molecule has 1 N–H and O–H groups in total. The number of hydrogen-bond acceptors (Lipinski definition) is 3. The second-order valence-corrected chi connectivity index (χ2v) is 4.77. The SMILES string of the molecule is O=C(Nc1ccc(N2CCOC2=O)cc1)c1ccc(F)cc1. The second-order valence-electron chi connectivity index (χ2n) is 4.77. The van der Waals surface area contributed by atoms with Crippen LogP contribution in [0.2, 0.25) is 0 Å². The Kier molecular flexibility index (Phi) is 3.74. The highest BCUT2D eigenvalue weighted by Gasteiger charge is 2.23. The van der Waals surface area contributed by atoms with Crippen LogP contribution < -0.4 is 10.2 Å². The van der Waals surface area contributed by atoms with E-state index < -0.39 is 5.82 Å². The Morgan fingerprint density at radius 1 is 1.09 bits per heavy atom. The maximum atomic E-state index is 12.8. The first kappa shape index (κ1) is 14.1. The van der Waals surface area contributed by atoms with Gasteiger partial charge in [-0.3, -0.25) is 9.69 Å². The Balaban J connectivity index is 1.69. The van der Waals surface area contributed by atoms with Crippen molar-refractivity contribution in [1.29, 1.82) is 0 Å². The van der Waals surface area contributed by atoms with Gasteiger partial charge < -0.3 is 10.1 Å². The molecule has 2 amide bonds. The number of nitrogens with zero attached hydrogens (tertiary/aromatic N) is 1. The van der Waals surface area contributed by atoms with Gasteiger partial charge in [0, 0.05) is 16.9 Å². The van der Waals surface area contributed by atoms with E-state index in [9.17, 15) is 14.0 Å². The third-order valence-electron chi connectivity index (χ3n) is 3.30. The van der Waals surface area contributed by atoms with Crippen LogP contribution in [-0.2, 0) is 4.74 Å². The van der Waals surface area contributed by atoms with Crippen LogP contribution in [0.15, 0.2) is 48.5 Å². The van der Waals surface area contributed by atoms with Gasteiger partial charge >= 0.3 is 6.09 Å². The molecule has 112 valence electrons. The van der Waals surface area contributed by atoms with E-state index >= 15 is 0 Å². The van der Waals surface area contributed by atoms with Gasteiger partial charge in [-0.15, -0.1) is 0 Å². The number of ether oxygens (including phenoxy) is 1. The molecule has 0 saturated carbocycles. The van der Waals surface area contributed by atoms with Gasteiger partial charge in [-0.25, -0.2) is 9.18 Å². The van der Waals surface area contributed by atoms with Crippen molar-refractivity contribution in [3.63, 3.8) is 0 Å². The molecule has 1 aliphatic rings. The quantitative estimate of drug-likeness (QED) is 0.948. The topological polar surface area (TPSA) is 58.6 Å². The van der Waals surface area contributed by atoms with Crippen molar-refractivity contribution in [3.05, 3.63) is 59.9 Å². The summed E-state index contributed by atoms with van der Waals surface area (Å²) in [6.45, 7) is 0.891. The summed E-state index contributed by atoms with van der Waals surface area (Å²) in [6.07, 6.45) is -0.372. The second kappa shape index (κ2) is 5.85. The van der Waals surface area contributed by atoms with E-state index in [0.29, 0.717) is 30.1 Å². The van der Waals surface area contributed by atoms with Crippen LogP contribution in [0, 0.1) is 5.82 Å². The summed E-state index contributed by atoms with van der Waals surface area (Å²) in [5.41, 5.74) is 1.67. The average Bonchev–Trinajstić information content (AvgIpc) is 2.95. The Morgan fingerprint density at radius 3 is 2.36 bits per heavy atom. The standard InChI is InChI=1S/C16H13FN2O3/c17-12-3-1-11(2-4-12)15(20)18-13-5-7-14(8-6-13)19-9-10-22-16(19)21/h1-8H,9-10H2,(H,18,20). The lowest BCUT2D eigenvalue weighted by Gasteiger charge is -2.13. The van der Waals surface area contributed by atoms with E-state index in [2.05, 4.69) is 5.32 Å². The van der Waals surface area contributed by atoms with Crippen LogP contribution in [0.5, 0.6) is 0 Å². The molecular formula is C16H13FN2O3. The molecule has 1 saturated heterocycles. The van der Waals surface area contributed by atoms with E-state index in [-0.39, 0.29) is 12.0 Å². The summed E-state index contributed by atoms with van der Waals surface area (Å²) in [6, 6.07) is 12.1. The van der Waals surface area contributed by atoms with Gasteiger partial charge in [-0.1, -0.05) is 0 Å². The number of hydrogen-bond donors (Lipinski definition) is 1. The molecule has 2 aromatic carbocycles. The van der Waals surface area contributed by atoms with Crippen LogP contribution in [0.25, 0.3) is 0 Å². The fourth-order valence-corrected chi connectivity index (χ4v) is 2.16. The molecule has 1 aliphatic heterocycles. The van der Waals surface area contributed by atoms with Gasteiger partial charge in [-0.2, -0.15) is 0 Å². The zero-order valence-electron chi connectivity index (χ0n) is 11.6. The van der Waals surface area contributed by atoms with Crippen molar-refractivity contribution in [2.75, 3.05) is 23.4 Å². The summed E-state index contributed by atoms with van der Waals surface area (Å²) in [7, 11) is 0. The van der Waals surface area contributed by atoms with Crippen molar-refractivity contribution < 1.29 is 18.7 Å². The van der Waals surface area contributed by atoms with E-state index in [0.717, 1.165) is 0 Å². The first-order valence-corrected chi connectivity index (χ1v) is 6.75. The fourth-order valence-electron chi connectivity index (χ4n) is 2.16. The summed E-state index contributed by atoms with van der Waals surface area (Å²) in [5.74, 6) is -0.716. The first-order chi connectivity index (χ1) is 10.6. The van der Waals surface area contributed by atoms with Crippen molar-refractivity contribution in [1.82, 2.24) is 0 Å². The van der Waals surface area contributed by atoms with Crippen LogP contribution >= 0.6 is 0 Å². The molecule has 0 aliphatic carbocycles. The van der Waals surface area contributed by atoms with Crippen molar-refractivity contribution >= 4 is 23.4 Å². The molecule has 1 heterocycles. The summed E-state index contributed by atoms with van der Waals surface area (Å²) in [5, 5.41) is 2.71. The van der Waals surface area contributed by atoms with E-state index in [4.69, 9.17) is 4.74 Å². The van der Waals surface area contributed by atoms with Gasteiger partial charge in [0.15, 0.2) is 0 Å². The minimum absolute atomic E-state index is 0.326. The van der Waals surface area contributed by atoms with Gasteiger partial charge in [-0.05, 0) is 48.5 Å².